The van der Waals surface area contributed by atoms with Gasteiger partial charge in [0.1, 0.15) is 0 Å². The fourth-order valence-corrected chi connectivity index (χ4v) is 3.29. The molecule has 0 aliphatic carbocycles. The summed E-state index contributed by atoms with van der Waals surface area (Å²) < 4.78 is 0. The van der Waals surface area contributed by atoms with E-state index in [4.69, 9.17) is 17.3 Å². The number of hydrogen-bond acceptors (Lipinski definition) is 2. The van der Waals surface area contributed by atoms with E-state index in [0.29, 0.717) is 6.04 Å². The van der Waals surface area contributed by atoms with Gasteiger partial charge in [-0.15, -0.1) is 0 Å². The molecule has 0 bridgehead atoms. The molecule has 1 aliphatic rings. The van der Waals surface area contributed by atoms with Crippen LogP contribution >= 0.6 is 11.6 Å². The fraction of sp³-hybridized carbons (Fsp3) is 0.625. The first-order chi connectivity index (χ1) is 9.17. The Labute approximate surface area is 121 Å². The SMILES string of the molecule is CCCCC1CC(N)CN(Cc2cccc(Cl)c2)C1. The van der Waals surface area contributed by atoms with Crippen molar-refractivity contribution in [3.63, 3.8) is 0 Å². The van der Waals surface area contributed by atoms with Crippen LogP contribution in [-0.4, -0.2) is 24.0 Å². The molecule has 1 aliphatic heterocycles. The van der Waals surface area contributed by atoms with E-state index in [2.05, 4.69) is 24.0 Å². The number of rotatable bonds is 5. The van der Waals surface area contributed by atoms with Gasteiger partial charge in [-0.3, -0.25) is 4.90 Å². The van der Waals surface area contributed by atoms with Gasteiger partial charge in [-0.25, -0.2) is 0 Å². The molecule has 2 nitrogen and oxygen atoms in total. The Bertz CT molecular complexity index is 394. The molecular formula is C16H25ClN2. The summed E-state index contributed by atoms with van der Waals surface area (Å²) in [5.41, 5.74) is 7.49. The van der Waals surface area contributed by atoms with Crippen molar-refractivity contribution < 1.29 is 0 Å². The van der Waals surface area contributed by atoms with Gasteiger partial charge in [0.2, 0.25) is 0 Å². The second-order valence-corrected chi connectivity index (χ2v) is 6.26. The Morgan fingerprint density at radius 1 is 1.37 bits per heavy atom. The topological polar surface area (TPSA) is 29.3 Å². The van der Waals surface area contributed by atoms with Crippen molar-refractivity contribution in [2.24, 2.45) is 11.7 Å². The molecule has 1 heterocycles. The van der Waals surface area contributed by atoms with Gasteiger partial charge in [-0.05, 0) is 36.5 Å². The Morgan fingerprint density at radius 3 is 2.95 bits per heavy atom. The lowest BCUT2D eigenvalue weighted by Crippen LogP contribution is -2.46. The molecule has 0 spiro atoms. The van der Waals surface area contributed by atoms with Crippen LogP contribution in [0.3, 0.4) is 0 Å². The Morgan fingerprint density at radius 2 is 2.21 bits per heavy atom. The number of nitrogens with two attached hydrogens (primary N) is 1. The van der Waals surface area contributed by atoms with Crippen LogP contribution in [0.5, 0.6) is 0 Å². The predicted octanol–water partition coefficient (Wildman–Crippen LogP) is 3.68. The van der Waals surface area contributed by atoms with Crippen molar-refractivity contribution in [1.29, 1.82) is 0 Å². The summed E-state index contributed by atoms with van der Waals surface area (Å²) in [5.74, 6) is 0.767. The number of likely N-dealkylation sites (tertiary alicyclic amines) is 1. The minimum absolute atomic E-state index is 0.329. The highest BCUT2D eigenvalue weighted by Gasteiger charge is 2.24. The molecule has 1 aromatic carbocycles. The monoisotopic (exact) mass is 280 g/mol. The van der Waals surface area contributed by atoms with Gasteiger partial charge < -0.3 is 5.73 Å². The van der Waals surface area contributed by atoms with Gasteiger partial charge in [0.15, 0.2) is 0 Å². The molecule has 3 heteroatoms. The van der Waals surface area contributed by atoms with Crippen molar-refractivity contribution in [3.8, 4) is 0 Å². The van der Waals surface area contributed by atoms with Gasteiger partial charge in [-0.2, -0.15) is 0 Å². The van der Waals surface area contributed by atoms with Crippen LogP contribution in [0.2, 0.25) is 5.02 Å². The van der Waals surface area contributed by atoms with Gasteiger partial charge >= 0.3 is 0 Å². The molecule has 2 atom stereocenters. The highest BCUT2D eigenvalue weighted by Crippen LogP contribution is 2.23. The average molecular weight is 281 g/mol. The summed E-state index contributed by atoms with van der Waals surface area (Å²) >= 11 is 6.05. The van der Waals surface area contributed by atoms with Crippen LogP contribution in [-0.2, 0) is 6.54 Å². The summed E-state index contributed by atoms with van der Waals surface area (Å²) in [5, 5.41) is 0.821. The van der Waals surface area contributed by atoms with E-state index in [1.54, 1.807) is 0 Å². The van der Waals surface area contributed by atoms with E-state index in [1.807, 2.05) is 12.1 Å². The third-order valence-electron chi connectivity index (χ3n) is 3.91. The highest BCUT2D eigenvalue weighted by atomic mass is 35.5. The molecule has 1 saturated heterocycles. The molecular weight excluding hydrogens is 256 g/mol. The number of hydrogen-bond donors (Lipinski definition) is 1. The Balaban J connectivity index is 1.92. The first-order valence-corrected chi connectivity index (χ1v) is 7.77. The Hall–Kier alpha value is -0.570. The van der Waals surface area contributed by atoms with Crippen LogP contribution in [0.1, 0.15) is 38.2 Å². The summed E-state index contributed by atoms with van der Waals surface area (Å²) in [4.78, 5) is 2.49. The van der Waals surface area contributed by atoms with Crippen LogP contribution in [0, 0.1) is 5.92 Å². The third kappa shape index (κ3) is 4.79. The maximum Gasteiger partial charge on any atom is 0.0409 e. The zero-order valence-electron chi connectivity index (χ0n) is 11.8. The van der Waals surface area contributed by atoms with Crippen molar-refractivity contribution in [3.05, 3.63) is 34.9 Å². The second kappa shape index (κ2) is 7.28. The minimum atomic E-state index is 0.329. The van der Waals surface area contributed by atoms with Crippen LogP contribution < -0.4 is 5.73 Å². The third-order valence-corrected chi connectivity index (χ3v) is 4.14. The molecule has 0 saturated carbocycles. The molecule has 2 rings (SSSR count). The smallest absolute Gasteiger partial charge is 0.0409 e. The van der Waals surface area contributed by atoms with Crippen molar-refractivity contribution in [1.82, 2.24) is 4.90 Å². The number of benzene rings is 1. The summed E-state index contributed by atoms with van der Waals surface area (Å²) in [6.45, 7) is 5.42. The summed E-state index contributed by atoms with van der Waals surface area (Å²) in [6.07, 6.45) is 5.10. The summed E-state index contributed by atoms with van der Waals surface area (Å²) in [6, 6.07) is 8.48. The first-order valence-electron chi connectivity index (χ1n) is 7.39. The standard InChI is InChI=1S/C16H25ClN2/c1-2-3-5-14-9-16(18)12-19(11-14)10-13-6-4-7-15(17)8-13/h4,6-8,14,16H,2-3,5,9-12,18H2,1H3. The number of piperidine rings is 1. The van der Waals surface area contributed by atoms with E-state index in [1.165, 1.54) is 37.8 Å². The van der Waals surface area contributed by atoms with Crippen molar-refractivity contribution in [2.45, 2.75) is 45.2 Å². The van der Waals surface area contributed by atoms with Gasteiger partial charge in [0.25, 0.3) is 0 Å². The average Bonchev–Trinajstić information content (AvgIpc) is 2.35. The van der Waals surface area contributed by atoms with Crippen LogP contribution in [0.4, 0.5) is 0 Å². The van der Waals surface area contributed by atoms with Crippen molar-refractivity contribution >= 4 is 11.6 Å². The largest absolute Gasteiger partial charge is 0.327 e. The van der Waals surface area contributed by atoms with Gasteiger partial charge in [-0.1, -0.05) is 43.5 Å². The van der Waals surface area contributed by atoms with Crippen LogP contribution in [0.25, 0.3) is 0 Å². The van der Waals surface area contributed by atoms with Crippen molar-refractivity contribution in [2.75, 3.05) is 13.1 Å². The van der Waals surface area contributed by atoms with E-state index in [-0.39, 0.29) is 0 Å². The molecule has 106 valence electrons. The molecule has 2 N–H and O–H groups in total. The van der Waals surface area contributed by atoms with Crippen LogP contribution in [0.15, 0.2) is 24.3 Å². The molecule has 19 heavy (non-hydrogen) atoms. The number of nitrogens with zero attached hydrogens (tertiary/aromatic N) is 1. The predicted molar refractivity (Wildman–Crippen MR) is 82.3 cm³/mol. The fourth-order valence-electron chi connectivity index (χ4n) is 3.07. The van der Waals surface area contributed by atoms with E-state index >= 15 is 0 Å². The number of unbranched alkanes of at least 4 members (excludes halogenated alkanes) is 1. The molecule has 0 amide bonds. The molecule has 0 radical (unpaired) electrons. The zero-order valence-corrected chi connectivity index (χ0v) is 12.6. The maximum atomic E-state index is 6.20. The molecule has 0 aromatic heterocycles. The molecule has 2 unspecified atom stereocenters. The first kappa shape index (κ1) is 14.8. The quantitative estimate of drug-likeness (QED) is 0.891. The van der Waals surface area contributed by atoms with E-state index < -0.39 is 0 Å². The number of halogens is 1. The lowest BCUT2D eigenvalue weighted by molar-refractivity contribution is 0.143. The Kier molecular flexibility index (Phi) is 5.68. The van der Waals surface area contributed by atoms with E-state index in [0.717, 1.165) is 24.0 Å². The van der Waals surface area contributed by atoms with E-state index in [9.17, 15) is 0 Å². The lowest BCUT2D eigenvalue weighted by Gasteiger charge is -2.36. The molecule has 1 fully saturated rings. The lowest BCUT2D eigenvalue weighted by atomic mass is 9.90. The summed E-state index contributed by atoms with van der Waals surface area (Å²) in [7, 11) is 0. The maximum absolute atomic E-state index is 6.20. The highest BCUT2D eigenvalue weighted by molar-refractivity contribution is 6.30. The minimum Gasteiger partial charge on any atom is -0.327 e. The second-order valence-electron chi connectivity index (χ2n) is 5.83. The van der Waals surface area contributed by atoms with Gasteiger partial charge in [0.05, 0.1) is 0 Å². The molecule has 1 aromatic rings. The zero-order chi connectivity index (χ0) is 13.7. The van der Waals surface area contributed by atoms with Gasteiger partial charge in [0, 0.05) is 30.7 Å². The normalized spacial score (nSPS) is 24.6.